The number of carbonyl (C=O) groups is 1. The van der Waals surface area contributed by atoms with Crippen molar-refractivity contribution >= 4 is 22.6 Å². The maximum Gasteiger partial charge on any atom is 0.185 e. The van der Waals surface area contributed by atoms with E-state index in [1.807, 2.05) is 60.3 Å². The van der Waals surface area contributed by atoms with Crippen LogP contribution >= 0.6 is 0 Å². The van der Waals surface area contributed by atoms with Crippen LogP contribution in [0.2, 0.25) is 0 Å². The Morgan fingerprint density at radius 2 is 1.73 bits per heavy atom. The molecule has 0 amide bonds. The summed E-state index contributed by atoms with van der Waals surface area (Å²) in [7, 11) is 3.58. The van der Waals surface area contributed by atoms with E-state index in [9.17, 15) is 4.79 Å². The van der Waals surface area contributed by atoms with Crippen LogP contribution in [0.15, 0.2) is 79.1 Å². The standard InChI is InChI=1S/C25H22N2O3/c1-27-14-13-26-25(27)17-30-22-9-6-19(7-10-22)24(28)12-4-18-3-5-21-16-23(29-2)11-8-20(21)15-18/h3-16H,17H2,1-2H3/b12-4+. The lowest BCUT2D eigenvalue weighted by molar-refractivity contribution is 0.104. The molecular formula is C25H22N2O3. The number of hydrogen-bond donors (Lipinski definition) is 0. The van der Waals surface area contributed by atoms with Gasteiger partial charge in [0.2, 0.25) is 0 Å². The highest BCUT2D eigenvalue weighted by atomic mass is 16.5. The van der Waals surface area contributed by atoms with Crippen LogP contribution in [-0.2, 0) is 13.7 Å². The van der Waals surface area contributed by atoms with Crippen molar-refractivity contribution in [3.8, 4) is 11.5 Å². The van der Waals surface area contributed by atoms with E-state index in [1.54, 1.807) is 43.6 Å². The molecule has 4 rings (SSSR count). The van der Waals surface area contributed by atoms with E-state index in [4.69, 9.17) is 9.47 Å². The Bertz CT molecular complexity index is 1210. The summed E-state index contributed by atoms with van der Waals surface area (Å²) in [6.07, 6.45) is 7.03. The number of nitrogens with zero attached hydrogens (tertiary/aromatic N) is 2. The zero-order chi connectivity index (χ0) is 20.9. The van der Waals surface area contributed by atoms with Gasteiger partial charge in [-0.2, -0.15) is 0 Å². The first-order chi connectivity index (χ1) is 14.6. The van der Waals surface area contributed by atoms with Gasteiger partial charge in [0.25, 0.3) is 0 Å². The van der Waals surface area contributed by atoms with Gasteiger partial charge in [-0.1, -0.05) is 24.3 Å². The largest absolute Gasteiger partial charge is 0.497 e. The molecular weight excluding hydrogens is 376 g/mol. The van der Waals surface area contributed by atoms with Gasteiger partial charge >= 0.3 is 0 Å². The molecule has 0 spiro atoms. The molecule has 0 N–H and O–H groups in total. The number of aromatic nitrogens is 2. The summed E-state index contributed by atoms with van der Waals surface area (Å²) in [5.41, 5.74) is 1.58. The highest BCUT2D eigenvalue weighted by Crippen LogP contribution is 2.22. The smallest absolute Gasteiger partial charge is 0.185 e. The van der Waals surface area contributed by atoms with Gasteiger partial charge in [-0.15, -0.1) is 0 Å². The molecule has 150 valence electrons. The highest BCUT2D eigenvalue weighted by Gasteiger charge is 2.05. The van der Waals surface area contributed by atoms with Crippen LogP contribution in [-0.4, -0.2) is 22.4 Å². The Balaban J connectivity index is 1.41. The van der Waals surface area contributed by atoms with Crippen molar-refractivity contribution in [1.82, 2.24) is 9.55 Å². The van der Waals surface area contributed by atoms with Crippen molar-refractivity contribution in [3.63, 3.8) is 0 Å². The third-order valence-corrected chi connectivity index (χ3v) is 4.93. The van der Waals surface area contributed by atoms with Crippen LogP contribution in [0.4, 0.5) is 0 Å². The predicted molar refractivity (Wildman–Crippen MR) is 118 cm³/mol. The normalized spacial score (nSPS) is 11.1. The second-order valence-electron chi connectivity index (χ2n) is 6.94. The topological polar surface area (TPSA) is 53.4 Å². The van der Waals surface area contributed by atoms with Crippen molar-refractivity contribution < 1.29 is 14.3 Å². The number of imidazole rings is 1. The zero-order valence-corrected chi connectivity index (χ0v) is 16.9. The minimum Gasteiger partial charge on any atom is -0.497 e. The Labute approximate surface area is 175 Å². The molecule has 0 aliphatic rings. The van der Waals surface area contributed by atoms with Gasteiger partial charge in [-0.3, -0.25) is 4.79 Å². The summed E-state index contributed by atoms with van der Waals surface area (Å²) < 4.78 is 12.9. The van der Waals surface area contributed by atoms with Gasteiger partial charge in [-0.25, -0.2) is 4.98 Å². The number of ketones is 1. The summed E-state index contributed by atoms with van der Waals surface area (Å²) >= 11 is 0. The number of allylic oxidation sites excluding steroid dienone is 1. The summed E-state index contributed by atoms with van der Waals surface area (Å²) in [6, 6.07) is 19.1. The van der Waals surface area contributed by atoms with E-state index in [1.165, 1.54) is 0 Å². The van der Waals surface area contributed by atoms with Crippen molar-refractivity contribution in [2.75, 3.05) is 7.11 Å². The number of aryl methyl sites for hydroxylation is 1. The molecule has 5 heteroatoms. The summed E-state index contributed by atoms with van der Waals surface area (Å²) in [4.78, 5) is 16.7. The van der Waals surface area contributed by atoms with E-state index < -0.39 is 0 Å². The third kappa shape index (κ3) is 4.41. The quantitative estimate of drug-likeness (QED) is 0.323. The molecule has 4 aromatic rings. The van der Waals surface area contributed by atoms with Crippen LogP contribution in [0, 0.1) is 0 Å². The molecule has 0 aliphatic carbocycles. The number of rotatable bonds is 7. The Morgan fingerprint density at radius 1 is 1.00 bits per heavy atom. The molecule has 0 fully saturated rings. The molecule has 1 heterocycles. The van der Waals surface area contributed by atoms with Crippen LogP contribution in [0.3, 0.4) is 0 Å². The summed E-state index contributed by atoms with van der Waals surface area (Å²) in [6.45, 7) is 0.379. The molecule has 0 aliphatic heterocycles. The first-order valence-electron chi connectivity index (χ1n) is 9.62. The van der Waals surface area contributed by atoms with Gasteiger partial charge in [0.05, 0.1) is 7.11 Å². The number of hydrogen-bond acceptors (Lipinski definition) is 4. The van der Waals surface area contributed by atoms with Gasteiger partial charge in [0.1, 0.15) is 23.9 Å². The molecule has 0 bridgehead atoms. The van der Waals surface area contributed by atoms with Gasteiger partial charge < -0.3 is 14.0 Å². The first kappa shape index (κ1) is 19.5. The molecule has 3 aromatic carbocycles. The first-order valence-corrected chi connectivity index (χ1v) is 9.62. The van der Waals surface area contributed by atoms with Gasteiger partial charge in [-0.05, 0) is 64.9 Å². The minimum absolute atomic E-state index is 0.0551. The van der Waals surface area contributed by atoms with Gasteiger partial charge in [0.15, 0.2) is 5.78 Å². The molecule has 0 atom stereocenters. The average Bonchev–Trinajstić information content (AvgIpc) is 3.20. The predicted octanol–water partition coefficient (Wildman–Crippen LogP) is 5.06. The monoisotopic (exact) mass is 398 g/mol. The van der Waals surface area contributed by atoms with Crippen molar-refractivity contribution in [3.05, 3.63) is 96.1 Å². The zero-order valence-electron chi connectivity index (χ0n) is 16.9. The molecule has 0 radical (unpaired) electrons. The lowest BCUT2D eigenvalue weighted by Gasteiger charge is -2.06. The fourth-order valence-electron chi connectivity index (χ4n) is 3.14. The second kappa shape index (κ2) is 8.66. The molecule has 0 saturated heterocycles. The maximum absolute atomic E-state index is 12.5. The summed E-state index contributed by atoms with van der Waals surface area (Å²) in [5, 5.41) is 2.19. The van der Waals surface area contributed by atoms with Crippen molar-refractivity contribution in [2.45, 2.75) is 6.61 Å². The van der Waals surface area contributed by atoms with Crippen LogP contribution in [0.5, 0.6) is 11.5 Å². The molecule has 0 saturated carbocycles. The molecule has 5 nitrogen and oxygen atoms in total. The van der Waals surface area contributed by atoms with E-state index in [0.717, 1.165) is 27.9 Å². The van der Waals surface area contributed by atoms with E-state index in [0.29, 0.717) is 17.9 Å². The second-order valence-corrected chi connectivity index (χ2v) is 6.94. The SMILES string of the molecule is COc1ccc2cc(/C=C/C(=O)c3ccc(OCc4nccn4C)cc3)ccc2c1. The fourth-order valence-corrected chi connectivity index (χ4v) is 3.14. The minimum atomic E-state index is -0.0551. The Kier molecular flexibility index (Phi) is 5.61. The number of benzene rings is 3. The summed E-state index contributed by atoms with van der Waals surface area (Å²) in [5.74, 6) is 2.31. The Hall–Kier alpha value is -3.86. The lowest BCUT2D eigenvalue weighted by atomic mass is 10.0. The maximum atomic E-state index is 12.5. The highest BCUT2D eigenvalue weighted by molar-refractivity contribution is 6.07. The van der Waals surface area contributed by atoms with E-state index in [2.05, 4.69) is 4.98 Å². The third-order valence-electron chi connectivity index (χ3n) is 4.93. The Morgan fingerprint density at radius 3 is 2.47 bits per heavy atom. The number of carbonyl (C=O) groups excluding carboxylic acids is 1. The van der Waals surface area contributed by atoms with Crippen molar-refractivity contribution in [1.29, 1.82) is 0 Å². The van der Waals surface area contributed by atoms with E-state index in [-0.39, 0.29) is 5.78 Å². The lowest BCUT2D eigenvalue weighted by Crippen LogP contribution is -2.03. The number of methoxy groups -OCH3 is 1. The number of fused-ring (bicyclic) bond motifs is 1. The molecule has 0 unspecified atom stereocenters. The fraction of sp³-hybridized carbons (Fsp3) is 0.120. The van der Waals surface area contributed by atoms with Crippen LogP contribution in [0.25, 0.3) is 16.8 Å². The molecule has 30 heavy (non-hydrogen) atoms. The van der Waals surface area contributed by atoms with Crippen molar-refractivity contribution in [2.24, 2.45) is 7.05 Å². The average molecular weight is 398 g/mol. The van der Waals surface area contributed by atoms with Gasteiger partial charge in [0, 0.05) is 25.0 Å². The number of ether oxygens (including phenoxy) is 2. The van der Waals surface area contributed by atoms with Crippen LogP contribution < -0.4 is 9.47 Å². The van der Waals surface area contributed by atoms with Crippen LogP contribution in [0.1, 0.15) is 21.7 Å². The molecule has 1 aromatic heterocycles. The van der Waals surface area contributed by atoms with E-state index >= 15 is 0 Å².